The van der Waals surface area contributed by atoms with Gasteiger partial charge in [-0.1, -0.05) is 0 Å². The highest BCUT2D eigenvalue weighted by Crippen LogP contribution is 2.17. The van der Waals surface area contributed by atoms with Crippen molar-refractivity contribution >= 4 is 5.69 Å². The van der Waals surface area contributed by atoms with Gasteiger partial charge in [0.2, 0.25) is 0 Å². The molecule has 0 spiro atoms. The molecule has 0 amide bonds. The zero-order chi connectivity index (χ0) is 15.5. The van der Waals surface area contributed by atoms with Crippen LogP contribution in [0.2, 0.25) is 0 Å². The number of piperidine rings is 1. The van der Waals surface area contributed by atoms with E-state index in [-0.39, 0.29) is 17.4 Å². The monoisotopic (exact) mass is 303 g/mol. The Hall–Kier alpha value is -2.34. The molecule has 2 heterocycles. The summed E-state index contributed by atoms with van der Waals surface area (Å²) in [5.41, 5.74) is 5.67. The molecule has 6 heteroatoms. The summed E-state index contributed by atoms with van der Waals surface area (Å²) in [6.07, 6.45) is 3.56. The summed E-state index contributed by atoms with van der Waals surface area (Å²) in [7, 11) is 0. The van der Waals surface area contributed by atoms with E-state index < -0.39 is 5.82 Å². The average molecular weight is 303 g/mol. The van der Waals surface area contributed by atoms with E-state index in [9.17, 15) is 9.18 Å². The van der Waals surface area contributed by atoms with Crippen LogP contribution < -0.4 is 21.3 Å². The van der Waals surface area contributed by atoms with Gasteiger partial charge >= 0.3 is 0 Å². The van der Waals surface area contributed by atoms with Crippen molar-refractivity contribution in [3.05, 3.63) is 52.7 Å². The molecule has 0 unspecified atom stereocenters. The summed E-state index contributed by atoms with van der Waals surface area (Å²) >= 11 is 0. The third-order valence-corrected chi connectivity index (χ3v) is 3.74. The molecule has 1 fully saturated rings. The van der Waals surface area contributed by atoms with Crippen molar-refractivity contribution in [1.82, 2.24) is 9.88 Å². The van der Waals surface area contributed by atoms with Crippen LogP contribution in [0.1, 0.15) is 12.8 Å². The molecule has 1 aliphatic heterocycles. The van der Waals surface area contributed by atoms with Gasteiger partial charge in [-0.2, -0.15) is 0 Å². The fourth-order valence-electron chi connectivity index (χ4n) is 2.52. The highest BCUT2D eigenvalue weighted by atomic mass is 19.1. The third kappa shape index (κ3) is 3.12. The van der Waals surface area contributed by atoms with Crippen LogP contribution in [-0.2, 0) is 0 Å². The number of rotatable bonds is 3. The molecule has 5 nitrogen and oxygen atoms in total. The molecule has 0 atom stereocenters. The van der Waals surface area contributed by atoms with Crippen LogP contribution in [0.5, 0.6) is 5.75 Å². The van der Waals surface area contributed by atoms with Crippen LogP contribution in [0.4, 0.5) is 10.1 Å². The molecule has 1 aromatic carbocycles. The van der Waals surface area contributed by atoms with Crippen molar-refractivity contribution in [3.63, 3.8) is 0 Å². The molecule has 1 saturated heterocycles. The predicted octanol–water partition coefficient (Wildman–Crippen LogP) is 1.69. The molecule has 1 aromatic heterocycles. The number of halogens is 1. The Labute approximate surface area is 127 Å². The summed E-state index contributed by atoms with van der Waals surface area (Å²) in [5.74, 6) is 0.00324. The van der Waals surface area contributed by atoms with E-state index in [1.807, 2.05) is 0 Å². The number of nitrogens with one attached hydrogen (secondary N) is 1. The number of ether oxygens (including phenoxy) is 1. The second-order valence-corrected chi connectivity index (χ2v) is 5.34. The first-order valence-corrected chi connectivity index (χ1v) is 7.29. The molecule has 116 valence electrons. The van der Waals surface area contributed by atoms with E-state index in [0.717, 1.165) is 25.9 Å². The molecule has 0 bridgehead atoms. The molecular formula is C16H18FN3O2. The fourth-order valence-corrected chi connectivity index (χ4v) is 2.52. The van der Waals surface area contributed by atoms with Gasteiger partial charge in [0.15, 0.2) is 0 Å². The Morgan fingerprint density at radius 3 is 2.68 bits per heavy atom. The highest BCUT2D eigenvalue weighted by Gasteiger charge is 2.15. The Morgan fingerprint density at radius 2 is 2.00 bits per heavy atom. The minimum atomic E-state index is -0.542. The second-order valence-electron chi connectivity index (χ2n) is 5.34. The van der Waals surface area contributed by atoms with Crippen molar-refractivity contribution in [2.45, 2.75) is 18.9 Å². The van der Waals surface area contributed by atoms with Crippen molar-refractivity contribution in [2.75, 3.05) is 18.8 Å². The predicted molar refractivity (Wildman–Crippen MR) is 82.9 cm³/mol. The van der Waals surface area contributed by atoms with Gasteiger partial charge in [-0.15, -0.1) is 0 Å². The maximum atomic E-state index is 13.5. The summed E-state index contributed by atoms with van der Waals surface area (Å²) in [6.45, 7) is 1.85. The van der Waals surface area contributed by atoms with Crippen LogP contribution in [0.3, 0.4) is 0 Å². The Kier molecular flexibility index (Phi) is 4.11. The molecule has 0 aliphatic carbocycles. The van der Waals surface area contributed by atoms with Crippen molar-refractivity contribution in [2.24, 2.45) is 0 Å². The molecule has 3 N–H and O–H groups in total. The van der Waals surface area contributed by atoms with Gasteiger partial charge in [0.05, 0.1) is 11.4 Å². The average Bonchev–Trinajstić information content (AvgIpc) is 2.51. The van der Waals surface area contributed by atoms with Crippen LogP contribution in [-0.4, -0.2) is 23.8 Å². The van der Waals surface area contributed by atoms with Gasteiger partial charge < -0.3 is 15.8 Å². The molecular weight excluding hydrogens is 285 g/mol. The number of nitrogen functional groups attached to an aromatic ring is 1. The molecule has 0 radical (unpaired) electrons. The van der Waals surface area contributed by atoms with Gasteiger partial charge in [-0.25, -0.2) is 4.39 Å². The Balaban J connectivity index is 1.82. The van der Waals surface area contributed by atoms with E-state index in [1.54, 1.807) is 18.3 Å². The van der Waals surface area contributed by atoms with E-state index in [4.69, 9.17) is 10.5 Å². The summed E-state index contributed by atoms with van der Waals surface area (Å²) in [6, 6.07) is 7.43. The lowest BCUT2D eigenvalue weighted by Gasteiger charge is -2.23. The normalized spacial score (nSPS) is 15.7. The zero-order valence-electron chi connectivity index (χ0n) is 12.1. The molecule has 22 heavy (non-hydrogen) atoms. The molecule has 3 rings (SSSR count). The van der Waals surface area contributed by atoms with Crippen molar-refractivity contribution in [3.8, 4) is 11.4 Å². The Bertz CT molecular complexity index is 724. The number of aromatic nitrogens is 1. The molecule has 2 aromatic rings. The number of hydrogen-bond donors (Lipinski definition) is 2. The number of nitrogens with two attached hydrogens (primary N) is 1. The van der Waals surface area contributed by atoms with Crippen LogP contribution in [0.15, 0.2) is 41.3 Å². The number of nitrogens with zero attached hydrogens (tertiary/aromatic N) is 1. The molecule has 1 aliphatic rings. The maximum absolute atomic E-state index is 13.5. The molecule has 0 saturated carbocycles. The zero-order valence-corrected chi connectivity index (χ0v) is 12.1. The minimum Gasteiger partial charge on any atom is -0.490 e. The lowest BCUT2D eigenvalue weighted by Crippen LogP contribution is -2.34. The van der Waals surface area contributed by atoms with Gasteiger partial charge in [0.1, 0.15) is 17.7 Å². The van der Waals surface area contributed by atoms with Crippen LogP contribution in [0, 0.1) is 5.82 Å². The number of anilines is 1. The standard InChI is InChI=1S/C16H18FN3O2/c17-14-9-11(1-2-15(14)18)20-8-5-13(10-16(20)21)22-12-3-6-19-7-4-12/h1-2,5,8-10,12,19H,3-4,6-7,18H2. The van der Waals surface area contributed by atoms with Gasteiger partial charge in [-0.3, -0.25) is 9.36 Å². The smallest absolute Gasteiger partial charge is 0.258 e. The Morgan fingerprint density at radius 1 is 1.23 bits per heavy atom. The lowest BCUT2D eigenvalue weighted by atomic mass is 10.1. The third-order valence-electron chi connectivity index (χ3n) is 3.74. The highest BCUT2D eigenvalue weighted by molar-refractivity contribution is 5.46. The van der Waals surface area contributed by atoms with Crippen molar-refractivity contribution in [1.29, 1.82) is 0 Å². The fraction of sp³-hybridized carbons (Fsp3) is 0.312. The first-order chi connectivity index (χ1) is 10.6. The van der Waals surface area contributed by atoms with Crippen molar-refractivity contribution < 1.29 is 9.13 Å². The number of hydrogen-bond acceptors (Lipinski definition) is 4. The van der Waals surface area contributed by atoms with Gasteiger partial charge in [0, 0.05) is 18.3 Å². The van der Waals surface area contributed by atoms with Crippen LogP contribution >= 0.6 is 0 Å². The van der Waals surface area contributed by atoms with Gasteiger partial charge in [-0.05, 0) is 44.1 Å². The quantitative estimate of drug-likeness (QED) is 0.847. The topological polar surface area (TPSA) is 69.3 Å². The number of benzene rings is 1. The first-order valence-electron chi connectivity index (χ1n) is 7.29. The van der Waals surface area contributed by atoms with E-state index in [1.165, 1.54) is 22.8 Å². The van der Waals surface area contributed by atoms with Gasteiger partial charge in [0.25, 0.3) is 5.56 Å². The van der Waals surface area contributed by atoms with E-state index in [0.29, 0.717) is 11.4 Å². The summed E-state index contributed by atoms with van der Waals surface area (Å²) in [4.78, 5) is 12.2. The largest absolute Gasteiger partial charge is 0.490 e. The maximum Gasteiger partial charge on any atom is 0.258 e. The second kappa shape index (κ2) is 6.19. The summed E-state index contributed by atoms with van der Waals surface area (Å²) in [5, 5.41) is 3.26. The SMILES string of the molecule is Nc1ccc(-n2ccc(OC3CCNCC3)cc2=O)cc1F. The van der Waals surface area contributed by atoms with E-state index >= 15 is 0 Å². The minimum absolute atomic E-state index is 0.0580. The lowest BCUT2D eigenvalue weighted by molar-refractivity contribution is 0.162. The summed E-state index contributed by atoms with van der Waals surface area (Å²) < 4.78 is 20.7. The number of pyridine rings is 1. The van der Waals surface area contributed by atoms with E-state index in [2.05, 4.69) is 5.32 Å². The van der Waals surface area contributed by atoms with Crippen LogP contribution in [0.25, 0.3) is 5.69 Å². The first kappa shape index (κ1) is 14.6.